The lowest BCUT2D eigenvalue weighted by Crippen LogP contribution is -2.48. The van der Waals surface area contributed by atoms with Gasteiger partial charge in [-0.15, -0.1) is 0 Å². The monoisotopic (exact) mass is 384 g/mol. The van der Waals surface area contributed by atoms with E-state index in [0.717, 1.165) is 19.6 Å². The van der Waals surface area contributed by atoms with Gasteiger partial charge in [0.1, 0.15) is 0 Å². The molecule has 0 radical (unpaired) electrons. The van der Waals surface area contributed by atoms with Crippen molar-refractivity contribution in [3.8, 4) is 17.2 Å². The smallest absolute Gasteiger partial charge is 0.257 e. The van der Waals surface area contributed by atoms with Crippen LogP contribution in [0.1, 0.15) is 21.5 Å². The number of amides is 1. The van der Waals surface area contributed by atoms with Crippen LogP contribution in [-0.2, 0) is 6.54 Å². The van der Waals surface area contributed by atoms with Crippen LogP contribution < -0.4 is 14.2 Å². The molecule has 2 aromatic rings. The molecule has 2 aromatic carbocycles. The van der Waals surface area contributed by atoms with E-state index in [1.54, 1.807) is 26.4 Å². The number of hydrogen-bond acceptors (Lipinski definition) is 5. The fourth-order valence-corrected chi connectivity index (χ4v) is 3.62. The summed E-state index contributed by atoms with van der Waals surface area (Å²) in [4.78, 5) is 17.3. The van der Waals surface area contributed by atoms with E-state index in [-0.39, 0.29) is 5.91 Å². The predicted molar refractivity (Wildman–Crippen MR) is 108 cm³/mol. The number of carbonyl (C=O) groups is 1. The van der Waals surface area contributed by atoms with E-state index in [1.807, 2.05) is 4.90 Å². The number of hydrogen-bond donors (Lipinski definition) is 0. The molecule has 0 saturated carbocycles. The normalized spacial score (nSPS) is 14.6. The molecule has 0 unspecified atom stereocenters. The summed E-state index contributed by atoms with van der Waals surface area (Å²) in [5.74, 6) is 1.34. The highest BCUT2D eigenvalue weighted by Crippen LogP contribution is 2.40. The van der Waals surface area contributed by atoms with E-state index >= 15 is 0 Å². The zero-order valence-corrected chi connectivity index (χ0v) is 17.0. The lowest BCUT2D eigenvalue weighted by atomic mass is 10.1. The van der Waals surface area contributed by atoms with Gasteiger partial charge in [0.05, 0.1) is 26.9 Å². The summed E-state index contributed by atoms with van der Waals surface area (Å²) in [6, 6.07) is 12.0. The Balaban J connectivity index is 1.68. The van der Waals surface area contributed by atoms with Gasteiger partial charge >= 0.3 is 0 Å². The van der Waals surface area contributed by atoms with E-state index in [9.17, 15) is 4.79 Å². The van der Waals surface area contributed by atoms with Gasteiger partial charge in [0.25, 0.3) is 5.91 Å². The molecule has 0 spiro atoms. The van der Waals surface area contributed by atoms with Gasteiger partial charge in [-0.05, 0) is 24.6 Å². The van der Waals surface area contributed by atoms with Crippen LogP contribution >= 0.6 is 0 Å². The number of carbonyl (C=O) groups excluding carboxylic acids is 1. The van der Waals surface area contributed by atoms with Gasteiger partial charge in [-0.3, -0.25) is 9.69 Å². The quantitative estimate of drug-likeness (QED) is 0.766. The fraction of sp³-hybridized carbons (Fsp3) is 0.409. The van der Waals surface area contributed by atoms with Crippen LogP contribution in [0, 0.1) is 6.92 Å². The second-order valence-corrected chi connectivity index (χ2v) is 6.94. The average molecular weight is 384 g/mol. The lowest BCUT2D eigenvalue weighted by Gasteiger charge is -2.35. The molecule has 1 aliphatic heterocycles. The Morgan fingerprint density at radius 2 is 1.64 bits per heavy atom. The minimum atomic E-state index is -0.0481. The number of nitrogens with zero attached hydrogens (tertiary/aromatic N) is 2. The standard InChI is InChI=1S/C22H28N2O4/c1-16-6-5-7-17(14-16)15-23-10-12-24(13-11-23)22(25)18-8-9-19(26-2)21(28-4)20(18)27-3/h5-9,14H,10-13,15H2,1-4H3. The molecule has 6 heteroatoms. The van der Waals surface area contributed by atoms with E-state index in [2.05, 4.69) is 36.1 Å². The van der Waals surface area contributed by atoms with Crippen molar-refractivity contribution >= 4 is 5.91 Å². The Bertz CT molecular complexity index is 829. The van der Waals surface area contributed by atoms with Gasteiger partial charge < -0.3 is 19.1 Å². The largest absolute Gasteiger partial charge is 0.493 e. The molecule has 0 atom stereocenters. The van der Waals surface area contributed by atoms with Crippen molar-refractivity contribution in [2.45, 2.75) is 13.5 Å². The van der Waals surface area contributed by atoms with Crippen molar-refractivity contribution in [3.05, 3.63) is 53.1 Å². The molecule has 0 bridgehead atoms. The van der Waals surface area contributed by atoms with Crippen LogP contribution in [0.3, 0.4) is 0 Å². The Labute approximate surface area is 166 Å². The zero-order chi connectivity index (χ0) is 20.1. The Morgan fingerprint density at radius 3 is 2.25 bits per heavy atom. The summed E-state index contributed by atoms with van der Waals surface area (Å²) in [5.41, 5.74) is 3.07. The van der Waals surface area contributed by atoms with Gasteiger partial charge in [0.2, 0.25) is 5.75 Å². The number of ether oxygens (including phenoxy) is 3. The summed E-state index contributed by atoms with van der Waals surface area (Å²) in [5, 5.41) is 0. The maximum Gasteiger partial charge on any atom is 0.257 e. The molecule has 0 aromatic heterocycles. The molecule has 1 fully saturated rings. The third kappa shape index (κ3) is 4.22. The molecule has 1 amide bonds. The molecule has 1 aliphatic rings. The Morgan fingerprint density at radius 1 is 0.929 bits per heavy atom. The zero-order valence-electron chi connectivity index (χ0n) is 17.0. The SMILES string of the molecule is COc1ccc(C(=O)N2CCN(Cc3cccc(C)c3)CC2)c(OC)c1OC. The van der Waals surface area contributed by atoms with Crippen LogP contribution in [0.2, 0.25) is 0 Å². The topological polar surface area (TPSA) is 51.2 Å². The molecular formula is C22H28N2O4. The highest BCUT2D eigenvalue weighted by atomic mass is 16.5. The first-order valence-corrected chi connectivity index (χ1v) is 9.43. The molecule has 6 nitrogen and oxygen atoms in total. The third-order valence-corrected chi connectivity index (χ3v) is 5.08. The molecule has 28 heavy (non-hydrogen) atoms. The molecule has 150 valence electrons. The highest BCUT2D eigenvalue weighted by Gasteiger charge is 2.27. The van der Waals surface area contributed by atoms with Crippen molar-refractivity contribution in [2.24, 2.45) is 0 Å². The molecule has 1 heterocycles. The maximum absolute atomic E-state index is 13.1. The molecule has 0 N–H and O–H groups in total. The Kier molecular flexibility index (Phi) is 6.41. The number of methoxy groups -OCH3 is 3. The average Bonchev–Trinajstić information content (AvgIpc) is 2.72. The van der Waals surface area contributed by atoms with Crippen LogP contribution in [0.15, 0.2) is 36.4 Å². The lowest BCUT2D eigenvalue weighted by molar-refractivity contribution is 0.0624. The number of aryl methyl sites for hydroxylation is 1. The summed E-state index contributed by atoms with van der Waals surface area (Å²) in [6.45, 7) is 6.06. The van der Waals surface area contributed by atoms with Crippen LogP contribution in [0.4, 0.5) is 0 Å². The van der Waals surface area contributed by atoms with Gasteiger partial charge in [-0.25, -0.2) is 0 Å². The number of piperazine rings is 1. The van der Waals surface area contributed by atoms with Crippen molar-refractivity contribution in [1.82, 2.24) is 9.80 Å². The van der Waals surface area contributed by atoms with Gasteiger partial charge in [0, 0.05) is 32.7 Å². The van der Waals surface area contributed by atoms with Gasteiger partial charge in [0.15, 0.2) is 11.5 Å². The van der Waals surface area contributed by atoms with Crippen molar-refractivity contribution in [2.75, 3.05) is 47.5 Å². The van der Waals surface area contributed by atoms with E-state index in [1.165, 1.54) is 18.2 Å². The first-order valence-electron chi connectivity index (χ1n) is 9.43. The maximum atomic E-state index is 13.1. The van der Waals surface area contributed by atoms with E-state index in [4.69, 9.17) is 14.2 Å². The molecule has 0 aliphatic carbocycles. The second kappa shape index (κ2) is 8.97. The Hall–Kier alpha value is -2.73. The summed E-state index contributed by atoms with van der Waals surface area (Å²) >= 11 is 0. The third-order valence-electron chi connectivity index (χ3n) is 5.08. The molecule has 3 rings (SSSR count). The molecule has 1 saturated heterocycles. The second-order valence-electron chi connectivity index (χ2n) is 6.94. The minimum absolute atomic E-state index is 0.0481. The van der Waals surface area contributed by atoms with Gasteiger partial charge in [-0.2, -0.15) is 0 Å². The molecular weight excluding hydrogens is 356 g/mol. The predicted octanol–water partition coefficient (Wildman–Crippen LogP) is 2.98. The van der Waals surface area contributed by atoms with Crippen LogP contribution in [0.5, 0.6) is 17.2 Å². The number of benzene rings is 2. The minimum Gasteiger partial charge on any atom is -0.493 e. The first-order chi connectivity index (χ1) is 13.6. The van der Waals surface area contributed by atoms with E-state index in [0.29, 0.717) is 35.9 Å². The van der Waals surface area contributed by atoms with Crippen molar-refractivity contribution in [3.63, 3.8) is 0 Å². The van der Waals surface area contributed by atoms with Gasteiger partial charge in [-0.1, -0.05) is 29.8 Å². The first kappa shape index (κ1) is 20.0. The summed E-state index contributed by atoms with van der Waals surface area (Å²) in [7, 11) is 4.64. The summed E-state index contributed by atoms with van der Waals surface area (Å²) < 4.78 is 16.2. The van der Waals surface area contributed by atoms with Crippen LogP contribution in [-0.4, -0.2) is 63.2 Å². The number of rotatable bonds is 6. The summed E-state index contributed by atoms with van der Waals surface area (Å²) in [6.07, 6.45) is 0. The van der Waals surface area contributed by atoms with Crippen LogP contribution in [0.25, 0.3) is 0 Å². The highest BCUT2D eigenvalue weighted by molar-refractivity contribution is 5.98. The van der Waals surface area contributed by atoms with E-state index < -0.39 is 0 Å². The fourth-order valence-electron chi connectivity index (χ4n) is 3.62. The van der Waals surface area contributed by atoms with Crippen molar-refractivity contribution in [1.29, 1.82) is 0 Å². The van der Waals surface area contributed by atoms with Crippen molar-refractivity contribution < 1.29 is 19.0 Å².